The molecule has 0 aromatic carbocycles. The van der Waals surface area contributed by atoms with Crippen LogP contribution in [0.2, 0.25) is 0 Å². The largest absolute Gasteiger partial charge is 0.462 e. The molecule has 0 aliphatic heterocycles. The van der Waals surface area contributed by atoms with Crippen LogP contribution >= 0.6 is 0 Å². The van der Waals surface area contributed by atoms with Gasteiger partial charge in [0.25, 0.3) is 0 Å². The van der Waals surface area contributed by atoms with Crippen LogP contribution < -0.4 is 5.32 Å². The van der Waals surface area contributed by atoms with Gasteiger partial charge in [0.1, 0.15) is 5.82 Å². The molecule has 2 rings (SSSR count). The van der Waals surface area contributed by atoms with Gasteiger partial charge in [0.15, 0.2) is 0 Å². The van der Waals surface area contributed by atoms with Crippen LogP contribution in [0, 0.1) is 5.41 Å². The van der Waals surface area contributed by atoms with Gasteiger partial charge in [-0.2, -0.15) is 0 Å². The average molecular weight is 276 g/mol. The summed E-state index contributed by atoms with van der Waals surface area (Å²) in [6, 6.07) is 4.09. The molecule has 0 bridgehead atoms. The van der Waals surface area contributed by atoms with Crippen molar-refractivity contribution < 1.29 is 9.53 Å². The first-order chi connectivity index (χ1) is 9.50. The molecule has 0 radical (unpaired) electrons. The van der Waals surface area contributed by atoms with Crippen LogP contribution in [0.1, 0.15) is 56.8 Å². The molecule has 1 aliphatic carbocycles. The van der Waals surface area contributed by atoms with E-state index < -0.39 is 0 Å². The average Bonchev–Trinajstić information content (AvgIpc) is 2.38. The smallest absolute Gasteiger partial charge is 0.339 e. The number of hydrogen-bond acceptors (Lipinski definition) is 4. The number of pyridine rings is 1. The number of ether oxygens (including phenoxy) is 1. The molecule has 1 saturated carbocycles. The predicted molar refractivity (Wildman–Crippen MR) is 79.9 cm³/mol. The van der Waals surface area contributed by atoms with E-state index in [9.17, 15) is 4.79 Å². The molecule has 0 amide bonds. The third-order valence-corrected chi connectivity index (χ3v) is 3.83. The highest BCUT2D eigenvalue weighted by Crippen LogP contribution is 2.36. The van der Waals surface area contributed by atoms with Gasteiger partial charge >= 0.3 is 5.97 Å². The number of rotatable bonds is 4. The van der Waals surface area contributed by atoms with Crippen LogP contribution in [-0.2, 0) is 4.74 Å². The van der Waals surface area contributed by atoms with Crippen molar-refractivity contribution in [1.82, 2.24) is 4.98 Å². The minimum absolute atomic E-state index is 0.314. The van der Waals surface area contributed by atoms with Crippen LogP contribution in [0.5, 0.6) is 0 Å². The zero-order valence-electron chi connectivity index (χ0n) is 12.6. The number of nitrogens with zero attached hydrogens (tertiary/aromatic N) is 1. The molecule has 1 fully saturated rings. The molecular formula is C16H24N2O2. The third kappa shape index (κ3) is 3.95. The number of nitrogens with one attached hydrogen (secondary N) is 1. The van der Waals surface area contributed by atoms with Gasteiger partial charge in [0.2, 0.25) is 0 Å². The summed E-state index contributed by atoms with van der Waals surface area (Å²) in [5, 5.41) is 3.47. The Labute approximate surface area is 120 Å². The van der Waals surface area contributed by atoms with Gasteiger partial charge in [-0.1, -0.05) is 20.3 Å². The van der Waals surface area contributed by atoms with E-state index in [1.807, 2.05) is 6.07 Å². The Morgan fingerprint density at radius 1 is 1.50 bits per heavy atom. The molecule has 1 N–H and O–H groups in total. The lowest BCUT2D eigenvalue weighted by Gasteiger charge is -2.35. The number of aromatic nitrogens is 1. The highest BCUT2D eigenvalue weighted by Gasteiger charge is 2.27. The van der Waals surface area contributed by atoms with Crippen LogP contribution in [0.15, 0.2) is 18.3 Å². The van der Waals surface area contributed by atoms with E-state index in [0.29, 0.717) is 23.6 Å². The summed E-state index contributed by atoms with van der Waals surface area (Å²) < 4.78 is 4.95. The normalized spacial score (nSPS) is 21.2. The highest BCUT2D eigenvalue weighted by molar-refractivity contribution is 5.89. The summed E-state index contributed by atoms with van der Waals surface area (Å²) in [5.74, 6) is 0.520. The SMILES string of the molecule is CCOC(=O)c1ccc(NC2CCCC(C)(C)C2)nc1. The van der Waals surface area contributed by atoms with Gasteiger partial charge in [-0.3, -0.25) is 0 Å². The number of esters is 1. The minimum atomic E-state index is -0.314. The number of anilines is 1. The van der Waals surface area contributed by atoms with Gasteiger partial charge in [-0.15, -0.1) is 0 Å². The van der Waals surface area contributed by atoms with Crippen LogP contribution in [0.4, 0.5) is 5.82 Å². The summed E-state index contributed by atoms with van der Waals surface area (Å²) >= 11 is 0. The summed E-state index contributed by atoms with van der Waals surface area (Å²) in [5.41, 5.74) is 0.905. The maximum absolute atomic E-state index is 11.5. The van der Waals surface area contributed by atoms with E-state index in [1.54, 1.807) is 19.2 Å². The van der Waals surface area contributed by atoms with E-state index in [2.05, 4.69) is 24.1 Å². The number of hydrogen-bond donors (Lipinski definition) is 1. The predicted octanol–water partition coefficient (Wildman–Crippen LogP) is 3.64. The molecule has 1 heterocycles. The van der Waals surface area contributed by atoms with E-state index >= 15 is 0 Å². The van der Waals surface area contributed by atoms with Crippen LogP contribution in [0.3, 0.4) is 0 Å². The summed E-state index contributed by atoms with van der Waals surface area (Å²) in [4.78, 5) is 15.9. The maximum Gasteiger partial charge on any atom is 0.339 e. The molecule has 110 valence electrons. The van der Waals surface area contributed by atoms with E-state index in [-0.39, 0.29) is 5.97 Å². The molecule has 1 aromatic rings. The fourth-order valence-corrected chi connectivity index (χ4v) is 2.84. The highest BCUT2D eigenvalue weighted by atomic mass is 16.5. The van der Waals surface area contributed by atoms with E-state index in [4.69, 9.17) is 4.74 Å². The second-order valence-corrected chi connectivity index (χ2v) is 6.25. The zero-order chi connectivity index (χ0) is 14.6. The van der Waals surface area contributed by atoms with Crippen molar-refractivity contribution in [2.24, 2.45) is 5.41 Å². The molecule has 4 nitrogen and oxygen atoms in total. The fraction of sp³-hybridized carbons (Fsp3) is 0.625. The number of carbonyl (C=O) groups is 1. The second-order valence-electron chi connectivity index (χ2n) is 6.25. The van der Waals surface area contributed by atoms with Gasteiger partial charge in [-0.25, -0.2) is 9.78 Å². The Hall–Kier alpha value is -1.58. The van der Waals surface area contributed by atoms with Crippen molar-refractivity contribution in [2.45, 2.75) is 52.5 Å². The Morgan fingerprint density at radius 3 is 2.90 bits per heavy atom. The maximum atomic E-state index is 11.5. The molecular weight excluding hydrogens is 252 g/mol. The standard InChI is InChI=1S/C16H24N2O2/c1-4-20-15(19)12-7-8-14(17-11-12)18-13-6-5-9-16(2,3)10-13/h7-8,11,13H,4-6,9-10H2,1-3H3,(H,17,18). The van der Waals surface area contributed by atoms with Gasteiger partial charge in [0, 0.05) is 12.2 Å². The molecule has 20 heavy (non-hydrogen) atoms. The lowest BCUT2D eigenvalue weighted by Crippen LogP contribution is -2.32. The minimum Gasteiger partial charge on any atom is -0.462 e. The van der Waals surface area contributed by atoms with Gasteiger partial charge in [0.05, 0.1) is 12.2 Å². The first kappa shape index (κ1) is 14.8. The van der Waals surface area contributed by atoms with Gasteiger partial charge < -0.3 is 10.1 Å². The van der Waals surface area contributed by atoms with Gasteiger partial charge in [-0.05, 0) is 43.7 Å². The Morgan fingerprint density at radius 2 is 2.30 bits per heavy atom. The van der Waals surface area contributed by atoms with Crippen molar-refractivity contribution in [1.29, 1.82) is 0 Å². The summed E-state index contributed by atoms with van der Waals surface area (Å²) in [6.07, 6.45) is 6.47. The van der Waals surface area contributed by atoms with Crippen molar-refractivity contribution in [3.63, 3.8) is 0 Å². The Balaban J connectivity index is 1.95. The Bertz CT molecular complexity index is 454. The number of carbonyl (C=O) groups excluding carboxylic acids is 1. The molecule has 4 heteroatoms. The third-order valence-electron chi connectivity index (χ3n) is 3.83. The van der Waals surface area contributed by atoms with Crippen molar-refractivity contribution >= 4 is 11.8 Å². The Kier molecular flexibility index (Phi) is 4.63. The quantitative estimate of drug-likeness (QED) is 0.853. The molecule has 1 unspecified atom stereocenters. The monoisotopic (exact) mass is 276 g/mol. The molecule has 1 atom stereocenters. The lowest BCUT2D eigenvalue weighted by atomic mass is 9.75. The zero-order valence-corrected chi connectivity index (χ0v) is 12.6. The van der Waals surface area contributed by atoms with Crippen molar-refractivity contribution in [3.8, 4) is 0 Å². The molecule has 1 aromatic heterocycles. The molecule has 0 saturated heterocycles. The molecule has 1 aliphatic rings. The second kappa shape index (κ2) is 6.25. The summed E-state index contributed by atoms with van der Waals surface area (Å²) in [6.45, 7) is 6.82. The van der Waals surface area contributed by atoms with Crippen molar-refractivity contribution in [3.05, 3.63) is 23.9 Å². The summed E-state index contributed by atoms with van der Waals surface area (Å²) in [7, 11) is 0. The topological polar surface area (TPSA) is 51.2 Å². The first-order valence-electron chi connectivity index (χ1n) is 7.40. The van der Waals surface area contributed by atoms with E-state index in [0.717, 1.165) is 12.2 Å². The lowest BCUT2D eigenvalue weighted by molar-refractivity contribution is 0.0526. The molecule has 0 spiro atoms. The van der Waals surface area contributed by atoms with Crippen LogP contribution in [0.25, 0.3) is 0 Å². The first-order valence-corrected chi connectivity index (χ1v) is 7.40. The fourth-order valence-electron chi connectivity index (χ4n) is 2.84. The van der Waals surface area contributed by atoms with Crippen LogP contribution in [-0.4, -0.2) is 23.6 Å². The van der Waals surface area contributed by atoms with Crippen molar-refractivity contribution in [2.75, 3.05) is 11.9 Å². The van der Waals surface area contributed by atoms with E-state index in [1.165, 1.54) is 19.3 Å².